The van der Waals surface area contributed by atoms with Crippen LogP contribution in [0, 0.1) is 6.92 Å². The molecule has 3 N–H and O–H groups in total. The summed E-state index contributed by atoms with van der Waals surface area (Å²) in [6.07, 6.45) is 1.50. The topological polar surface area (TPSA) is 63.8 Å². The van der Waals surface area contributed by atoms with Crippen LogP contribution < -0.4 is 11.1 Å². The van der Waals surface area contributed by atoms with Crippen molar-refractivity contribution in [1.29, 1.82) is 0 Å². The lowest BCUT2D eigenvalue weighted by molar-refractivity contribution is 1.10. The van der Waals surface area contributed by atoms with E-state index in [1.807, 2.05) is 13.0 Å². The Labute approximate surface area is 98.5 Å². The second-order valence-corrected chi connectivity index (χ2v) is 3.82. The van der Waals surface area contributed by atoms with Gasteiger partial charge in [-0.25, -0.2) is 9.97 Å². The van der Waals surface area contributed by atoms with Crippen LogP contribution in [0.15, 0.2) is 30.6 Å². The molecule has 82 valence electrons. The van der Waals surface area contributed by atoms with Gasteiger partial charge in [-0.1, -0.05) is 11.6 Å². The minimum absolute atomic E-state index is 0.602. The summed E-state index contributed by atoms with van der Waals surface area (Å²) >= 11 is 6.02. The Kier molecular flexibility index (Phi) is 2.92. The van der Waals surface area contributed by atoms with Gasteiger partial charge in [-0.3, -0.25) is 0 Å². The molecule has 0 amide bonds. The first-order chi connectivity index (χ1) is 7.65. The first kappa shape index (κ1) is 10.7. The molecular weight excluding hydrogens is 224 g/mol. The predicted octanol–water partition coefficient (Wildman–Crippen LogP) is 2.76. The number of nitrogens with one attached hydrogen (secondary N) is 1. The number of aromatic nitrogens is 2. The lowest BCUT2D eigenvalue weighted by Gasteiger charge is -2.08. The summed E-state index contributed by atoms with van der Waals surface area (Å²) in [5.41, 5.74) is 7.95. The molecule has 0 aliphatic rings. The third-order valence-corrected chi connectivity index (χ3v) is 2.39. The van der Waals surface area contributed by atoms with Crippen molar-refractivity contribution in [3.63, 3.8) is 0 Å². The van der Waals surface area contributed by atoms with Crippen molar-refractivity contribution in [2.45, 2.75) is 6.92 Å². The van der Waals surface area contributed by atoms with Gasteiger partial charge in [0.2, 0.25) is 0 Å². The molecule has 0 aliphatic carbocycles. The number of anilines is 3. The second-order valence-electron chi connectivity index (χ2n) is 3.41. The first-order valence-electron chi connectivity index (χ1n) is 4.76. The van der Waals surface area contributed by atoms with Crippen LogP contribution in [-0.4, -0.2) is 9.97 Å². The fourth-order valence-corrected chi connectivity index (χ4v) is 1.46. The average Bonchev–Trinajstić information content (AvgIpc) is 2.24. The average molecular weight is 235 g/mol. The highest BCUT2D eigenvalue weighted by Crippen LogP contribution is 2.26. The highest BCUT2D eigenvalue weighted by molar-refractivity contribution is 6.33. The van der Waals surface area contributed by atoms with E-state index >= 15 is 0 Å². The lowest BCUT2D eigenvalue weighted by atomic mass is 10.3. The molecule has 0 radical (unpaired) electrons. The van der Waals surface area contributed by atoms with Gasteiger partial charge in [-0.05, 0) is 25.1 Å². The maximum atomic E-state index is 6.02. The van der Waals surface area contributed by atoms with E-state index in [9.17, 15) is 0 Å². The van der Waals surface area contributed by atoms with E-state index in [1.165, 1.54) is 6.33 Å². The van der Waals surface area contributed by atoms with Gasteiger partial charge in [-0.15, -0.1) is 0 Å². The number of nitrogens with zero attached hydrogens (tertiary/aromatic N) is 2. The lowest BCUT2D eigenvalue weighted by Crippen LogP contribution is -1.97. The zero-order valence-electron chi connectivity index (χ0n) is 8.74. The molecule has 4 nitrogen and oxygen atoms in total. The van der Waals surface area contributed by atoms with Crippen molar-refractivity contribution in [3.05, 3.63) is 41.3 Å². The zero-order chi connectivity index (χ0) is 11.5. The molecule has 0 saturated heterocycles. The van der Waals surface area contributed by atoms with E-state index in [-0.39, 0.29) is 0 Å². The van der Waals surface area contributed by atoms with Crippen LogP contribution >= 0.6 is 11.6 Å². The van der Waals surface area contributed by atoms with Crippen molar-refractivity contribution in [3.8, 4) is 0 Å². The molecule has 0 aliphatic heterocycles. The van der Waals surface area contributed by atoms with E-state index in [4.69, 9.17) is 17.3 Å². The SMILES string of the molecule is Cc1cc(Nc2cc(N)ccc2Cl)ncn1. The number of benzene rings is 1. The van der Waals surface area contributed by atoms with Crippen LogP contribution in [0.1, 0.15) is 5.69 Å². The molecule has 0 unspecified atom stereocenters. The monoisotopic (exact) mass is 234 g/mol. The Morgan fingerprint density at radius 1 is 1.25 bits per heavy atom. The number of hydrogen-bond acceptors (Lipinski definition) is 4. The van der Waals surface area contributed by atoms with Gasteiger partial charge in [0.05, 0.1) is 10.7 Å². The molecule has 0 fully saturated rings. The van der Waals surface area contributed by atoms with E-state index in [0.29, 0.717) is 16.5 Å². The standard InChI is InChI=1S/C11H11ClN4/c1-7-4-11(15-6-14-7)16-10-5-8(13)2-3-9(10)12/h2-6H,13H2,1H3,(H,14,15,16). The van der Waals surface area contributed by atoms with E-state index in [2.05, 4.69) is 15.3 Å². The van der Waals surface area contributed by atoms with Crippen LogP contribution in [-0.2, 0) is 0 Å². The van der Waals surface area contributed by atoms with Crippen molar-refractivity contribution in [2.75, 3.05) is 11.1 Å². The van der Waals surface area contributed by atoms with Crippen LogP contribution in [0.25, 0.3) is 0 Å². The molecule has 2 rings (SSSR count). The van der Waals surface area contributed by atoms with E-state index in [0.717, 1.165) is 11.4 Å². The molecule has 0 spiro atoms. The molecule has 1 aromatic heterocycles. The summed E-state index contributed by atoms with van der Waals surface area (Å²) in [4.78, 5) is 8.10. The maximum Gasteiger partial charge on any atom is 0.134 e. The molecular formula is C11H11ClN4. The van der Waals surface area contributed by atoms with Gasteiger partial charge >= 0.3 is 0 Å². The van der Waals surface area contributed by atoms with E-state index < -0.39 is 0 Å². The quantitative estimate of drug-likeness (QED) is 0.785. The van der Waals surface area contributed by atoms with Crippen LogP contribution in [0.2, 0.25) is 5.02 Å². The Morgan fingerprint density at radius 2 is 2.06 bits per heavy atom. The van der Waals surface area contributed by atoms with Gasteiger partial charge in [0.15, 0.2) is 0 Å². The minimum atomic E-state index is 0.602. The number of aryl methyl sites for hydroxylation is 1. The molecule has 16 heavy (non-hydrogen) atoms. The van der Waals surface area contributed by atoms with Crippen LogP contribution in [0.4, 0.5) is 17.2 Å². The van der Waals surface area contributed by atoms with Crippen LogP contribution in [0.5, 0.6) is 0 Å². The summed E-state index contributed by atoms with van der Waals surface area (Å²) in [7, 11) is 0. The Bertz CT molecular complexity index is 513. The molecule has 0 saturated carbocycles. The number of nitrogens with two attached hydrogens (primary N) is 1. The van der Waals surface area contributed by atoms with Gasteiger partial charge in [-0.2, -0.15) is 0 Å². The summed E-state index contributed by atoms with van der Waals surface area (Å²) in [5.74, 6) is 0.694. The number of nitrogen functional groups attached to an aromatic ring is 1. The molecule has 1 heterocycles. The number of halogens is 1. The molecule has 1 aromatic carbocycles. The molecule has 2 aromatic rings. The van der Waals surface area contributed by atoms with Gasteiger partial charge < -0.3 is 11.1 Å². The highest BCUT2D eigenvalue weighted by Gasteiger charge is 2.02. The molecule has 0 atom stereocenters. The van der Waals surface area contributed by atoms with Crippen LogP contribution in [0.3, 0.4) is 0 Å². The summed E-state index contributed by atoms with van der Waals surface area (Å²) in [6, 6.07) is 7.09. The predicted molar refractivity (Wildman–Crippen MR) is 65.9 cm³/mol. The number of hydrogen-bond donors (Lipinski definition) is 2. The normalized spacial score (nSPS) is 10.1. The largest absolute Gasteiger partial charge is 0.399 e. The fourth-order valence-electron chi connectivity index (χ4n) is 1.30. The van der Waals surface area contributed by atoms with E-state index in [1.54, 1.807) is 18.2 Å². The van der Waals surface area contributed by atoms with Gasteiger partial charge in [0.1, 0.15) is 12.1 Å². The second kappa shape index (κ2) is 4.37. The molecule has 5 heteroatoms. The van der Waals surface area contributed by atoms with Crippen molar-refractivity contribution in [1.82, 2.24) is 9.97 Å². The fraction of sp³-hybridized carbons (Fsp3) is 0.0909. The first-order valence-corrected chi connectivity index (χ1v) is 5.13. The molecule has 0 bridgehead atoms. The summed E-state index contributed by atoms with van der Waals surface area (Å²) in [6.45, 7) is 1.90. The summed E-state index contributed by atoms with van der Waals surface area (Å²) in [5, 5.41) is 3.69. The number of rotatable bonds is 2. The van der Waals surface area contributed by atoms with Crippen molar-refractivity contribution >= 4 is 28.8 Å². The zero-order valence-corrected chi connectivity index (χ0v) is 9.49. The Balaban J connectivity index is 2.30. The highest BCUT2D eigenvalue weighted by atomic mass is 35.5. The maximum absolute atomic E-state index is 6.02. The minimum Gasteiger partial charge on any atom is -0.399 e. The van der Waals surface area contributed by atoms with Crippen molar-refractivity contribution < 1.29 is 0 Å². The third kappa shape index (κ3) is 2.41. The third-order valence-electron chi connectivity index (χ3n) is 2.06. The summed E-state index contributed by atoms with van der Waals surface area (Å²) < 4.78 is 0. The Morgan fingerprint density at radius 3 is 2.81 bits per heavy atom. The van der Waals surface area contributed by atoms with Gasteiger partial charge in [0.25, 0.3) is 0 Å². The smallest absolute Gasteiger partial charge is 0.134 e. The Hall–Kier alpha value is -1.81. The van der Waals surface area contributed by atoms with Gasteiger partial charge in [0, 0.05) is 17.4 Å². The van der Waals surface area contributed by atoms with Crippen molar-refractivity contribution in [2.24, 2.45) is 0 Å².